The molecular weight excluding hydrogens is 619 g/mol. The van der Waals surface area contributed by atoms with Gasteiger partial charge in [-0.25, -0.2) is 0 Å². The Kier molecular flexibility index (Phi) is 6.18. The van der Waals surface area contributed by atoms with Gasteiger partial charge in [-0.15, -0.1) is 5.73 Å². The van der Waals surface area contributed by atoms with E-state index in [1.807, 2.05) is 18.2 Å². The number of ether oxygens (including phenoxy) is 1. The third kappa shape index (κ3) is 4.20. The minimum absolute atomic E-state index is 0.0306. The molecule has 0 radical (unpaired) electrons. The average molecular weight is 652 g/mol. The molecule has 50 heavy (non-hydrogen) atoms. The molecule has 2 aliphatic heterocycles. The van der Waals surface area contributed by atoms with Gasteiger partial charge in [-0.2, -0.15) is 0 Å². The first-order chi connectivity index (χ1) is 24.8. The molecule has 4 aromatic carbocycles. The van der Waals surface area contributed by atoms with Crippen molar-refractivity contribution in [3.63, 3.8) is 0 Å². The zero-order valence-corrected chi connectivity index (χ0v) is 27.2. The summed E-state index contributed by atoms with van der Waals surface area (Å²) in [5, 5.41) is 14.9. The molecule has 4 heterocycles. The van der Waals surface area contributed by atoms with E-state index in [9.17, 15) is 0 Å². The van der Waals surface area contributed by atoms with Crippen LogP contribution in [0.3, 0.4) is 0 Å². The van der Waals surface area contributed by atoms with Crippen LogP contribution < -0.4 is 20.7 Å². The summed E-state index contributed by atoms with van der Waals surface area (Å²) in [4.78, 5) is 0. The van der Waals surface area contributed by atoms with Gasteiger partial charge in [0.15, 0.2) is 0 Å². The molecule has 0 spiro atoms. The number of benzene rings is 4. The molecule has 5 unspecified atom stereocenters. The number of rotatable bonds is 4. The number of fused-ring (bicyclic) bond motifs is 9. The largest absolute Gasteiger partial charge is 0.485 e. The second-order valence-electron chi connectivity index (χ2n) is 13.7. The number of hydrogen-bond donors (Lipinski definition) is 3. The number of allylic oxidation sites excluding steroid dienone is 5. The zero-order valence-electron chi connectivity index (χ0n) is 27.2. The SMILES string of the molecule is C1=Cc2c(oc3c(C4=CC=CC5Oc6ccccc6C45)cccc23)C=1C1NC(C2=CC=CCC2)NC(c2cccc3c2oc2ccccc23)N1. The topological polar surface area (TPSA) is 71.6 Å². The minimum Gasteiger partial charge on any atom is -0.485 e. The first-order valence-electron chi connectivity index (χ1n) is 17.5. The van der Waals surface area contributed by atoms with Crippen molar-refractivity contribution in [3.05, 3.63) is 161 Å². The predicted octanol–water partition coefficient (Wildman–Crippen LogP) is 9.25. The number of furan rings is 2. The van der Waals surface area contributed by atoms with Crippen molar-refractivity contribution in [2.75, 3.05) is 0 Å². The van der Waals surface area contributed by atoms with Gasteiger partial charge in [0.2, 0.25) is 0 Å². The summed E-state index contributed by atoms with van der Waals surface area (Å²) in [6, 6.07) is 29.5. The highest BCUT2D eigenvalue weighted by Crippen LogP contribution is 2.50. The van der Waals surface area contributed by atoms with Crippen LogP contribution in [-0.2, 0) is 0 Å². The van der Waals surface area contributed by atoms with Crippen molar-refractivity contribution in [2.45, 2.75) is 43.4 Å². The third-order valence-electron chi connectivity index (χ3n) is 10.9. The van der Waals surface area contributed by atoms with Crippen LogP contribution in [0.2, 0.25) is 0 Å². The molecule has 1 saturated heterocycles. The van der Waals surface area contributed by atoms with Gasteiger partial charge >= 0.3 is 0 Å². The second kappa shape index (κ2) is 10.9. The molecule has 6 heteroatoms. The van der Waals surface area contributed by atoms with Gasteiger partial charge in [0.1, 0.15) is 34.4 Å². The van der Waals surface area contributed by atoms with Crippen LogP contribution in [0.25, 0.3) is 50.1 Å². The van der Waals surface area contributed by atoms with E-state index in [0.717, 1.165) is 79.5 Å². The van der Waals surface area contributed by atoms with Gasteiger partial charge in [-0.1, -0.05) is 103 Å². The summed E-state index contributed by atoms with van der Waals surface area (Å²) in [5.41, 5.74) is 14.2. The molecule has 1 fully saturated rings. The van der Waals surface area contributed by atoms with E-state index in [1.165, 1.54) is 16.7 Å². The highest BCUT2D eigenvalue weighted by Gasteiger charge is 2.39. The number of nitrogens with one attached hydrogen (secondary N) is 3. The Morgan fingerprint density at radius 3 is 2.46 bits per heavy atom. The highest BCUT2D eigenvalue weighted by molar-refractivity contribution is 6.06. The van der Waals surface area contributed by atoms with Gasteiger partial charge in [-0.3, -0.25) is 16.0 Å². The molecule has 0 bridgehead atoms. The van der Waals surface area contributed by atoms with Crippen LogP contribution in [0.1, 0.15) is 52.9 Å². The molecule has 0 saturated carbocycles. The average Bonchev–Trinajstić information content (AvgIpc) is 3.95. The lowest BCUT2D eigenvalue weighted by Crippen LogP contribution is -2.64. The quantitative estimate of drug-likeness (QED) is 0.165. The summed E-state index contributed by atoms with van der Waals surface area (Å²) in [5.74, 6) is 1.92. The van der Waals surface area contributed by atoms with Crippen LogP contribution in [0.15, 0.2) is 142 Å². The molecule has 5 atom stereocenters. The van der Waals surface area contributed by atoms with Crippen molar-refractivity contribution in [3.8, 4) is 5.75 Å². The lowest BCUT2D eigenvalue weighted by atomic mass is 9.81. The molecule has 2 aromatic heterocycles. The van der Waals surface area contributed by atoms with E-state index in [1.54, 1.807) is 0 Å². The molecule has 6 aromatic rings. The van der Waals surface area contributed by atoms with Gasteiger partial charge in [0.05, 0.1) is 30.0 Å². The fraction of sp³-hybridized carbons (Fsp3) is 0.159. The number of hydrogen-bond acceptors (Lipinski definition) is 6. The molecule has 0 amide bonds. The van der Waals surface area contributed by atoms with Gasteiger partial charge < -0.3 is 13.6 Å². The maximum Gasteiger partial charge on any atom is 0.149 e. The first-order valence-corrected chi connectivity index (χ1v) is 17.5. The molecular formula is C44H33N3O3. The van der Waals surface area contributed by atoms with Crippen molar-refractivity contribution < 1.29 is 13.6 Å². The van der Waals surface area contributed by atoms with Gasteiger partial charge in [0.25, 0.3) is 0 Å². The van der Waals surface area contributed by atoms with Crippen LogP contribution in [0, 0.1) is 0 Å². The van der Waals surface area contributed by atoms with E-state index in [4.69, 9.17) is 13.6 Å². The fourth-order valence-corrected chi connectivity index (χ4v) is 8.56. The lowest BCUT2D eigenvalue weighted by Gasteiger charge is -2.40. The molecule has 242 valence electrons. The van der Waals surface area contributed by atoms with Crippen molar-refractivity contribution in [2.24, 2.45) is 0 Å². The minimum atomic E-state index is -0.240. The van der Waals surface area contributed by atoms with E-state index < -0.39 is 0 Å². The smallest absolute Gasteiger partial charge is 0.149 e. The van der Waals surface area contributed by atoms with E-state index in [0.29, 0.717) is 0 Å². The van der Waals surface area contributed by atoms with Crippen molar-refractivity contribution >= 4 is 50.1 Å². The zero-order chi connectivity index (χ0) is 32.8. The van der Waals surface area contributed by atoms with E-state index in [2.05, 4.69) is 131 Å². The van der Waals surface area contributed by atoms with Crippen LogP contribution in [-0.4, -0.2) is 18.4 Å². The molecule has 5 aliphatic rings. The van der Waals surface area contributed by atoms with Crippen LogP contribution in [0.4, 0.5) is 0 Å². The third-order valence-corrected chi connectivity index (χ3v) is 10.9. The molecule has 3 N–H and O–H groups in total. The molecule has 11 rings (SSSR count). The normalized spacial score (nSPS) is 25.0. The Hall–Kier alpha value is -5.62. The monoisotopic (exact) mass is 651 g/mol. The number of para-hydroxylation sites is 4. The Balaban J connectivity index is 0.996. The second-order valence-corrected chi connectivity index (χ2v) is 13.7. The Morgan fingerprint density at radius 2 is 1.50 bits per heavy atom. The summed E-state index contributed by atoms with van der Waals surface area (Å²) in [6.45, 7) is 0. The van der Waals surface area contributed by atoms with Crippen LogP contribution in [0.5, 0.6) is 5.75 Å². The standard InChI is InChI=1S/C44H33N3O3/c1-2-11-25(12-3-1)42-45-43(33-19-9-16-28-26-13-4-6-20-35(26)49-40(28)33)47-44(46-42)34-24-23-31-30-18-8-17-29(39(30)50-41(31)34)27-15-10-22-37-38(27)32-14-5-7-21-36(32)48-37/h1-2,4-11,13-23,37-38,42-47H,3,12H2. The Morgan fingerprint density at radius 1 is 0.680 bits per heavy atom. The van der Waals surface area contributed by atoms with Crippen molar-refractivity contribution in [1.29, 1.82) is 0 Å². The maximum atomic E-state index is 6.95. The van der Waals surface area contributed by atoms with Crippen LogP contribution >= 0.6 is 0 Å². The lowest BCUT2D eigenvalue weighted by molar-refractivity contribution is 0.250. The predicted molar refractivity (Wildman–Crippen MR) is 198 cm³/mol. The Bertz CT molecular complexity index is 2590. The summed E-state index contributed by atoms with van der Waals surface area (Å²) in [7, 11) is 0. The van der Waals surface area contributed by atoms with E-state index >= 15 is 0 Å². The van der Waals surface area contributed by atoms with E-state index in [-0.39, 0.29) is 30.5 Å². The first kappa shape index (κ1) is 28.2. The molecule has 6 nitrogen and oxygen atoms in total. The molecule has 3 aliphatic carbocycles. The Labute approximate surface area is 288 Å². The highest BCUT2D eigenvalue weighted by atomic mass is 16.5. The van der Waals surface area contributed by atoms with Gasteiger partial charge in [-0.05, 0) is 48.3 Å². The fourth-order valence-electron chi connectivity index (χ4n) is 8.56. The maximum absolute atomic E-state index is 6.95. The van der Waals surface area contributed by atoms with Crippen molar-refractivity contribution in [1.82, 2.24) is 16.0 Å². The van der Waals surface area contributed by atoms with Gasteiger partial charge in [0, 0.05) is 38.4 Å². The summed E-state index contributed by atoms with van der Waals surface area (Å²) >= 11 is 0. The summed E-state index contributed by atoms with van der Waals surface area (Å²) in [6.07, 6.45) is 16.7. The summed E-state index contributed by atoms with van der Waals surface area (Å²) < 4.78 is 19.8.